The number of nitrogens with one attached hydrogen (secondary N) is 2. The van der Waals surface area contributed by atoms with Gasteiger partial charge in [0.1, 0.15) is 5.60 Å². The predicted octanol–water partition coefficient (Wildman–Crippen LogP) is 3.65. The number of allylic oxidation sites excluding steroid dienone is 2. The lowest BCUT2D eigenvalue weighted by molar-refractivity contribution is 0.0534. The van der Waals surface area contributed by atoms with Crippen LogP contribution in [0.5, 0.6) is 0 Å². The quantitative estimate of drug-likeness (QED) is 0.582. The Morgan fingerprint density at radius 2 is 2.05 bits per heavy atom. The third-order valence-corrected chi connectivity index (χ3v) is 3.51. The maximum atomic E-state index is 11.4. The summed E-state index contributed by atoms with van der Waals surface area (Å²) in [7, 11) is 0. The van der Waals surface area contributed by atoms with Gasteiger partial charge >= 0.3 is 6.09 Å². The number of hydrogen-bond donors (Lipinski definition) is 2. The number of rotatable bonds is 6. The van der Waals surface area contributed by atoms with Crippen molar-refractivity contribution in [2.24, 2.45) is 11.8 Å². The predicted molar refractivity (Wildman–Crippen MR) is 91.9 cm³/mol. The zero-order valence-corrected chi connectivity index (χ0v) is 14.7. The van der Waals surface area contributed by atoms with Gasteiger partial charge in [0.15, 0.2) is 0 Å². The number of carbonyl (C=O) groups is 1. The molecule has 4 heteroatoms. The average molecular weight is 308 g/mol. The molecule has 0 heterocycles. The van der Waals surface area contributed by atoms with Crippen molar-refractivity contribution in [3.63, 3.8) is 0 Å². The largest absolute Gasteiger partial charge is 0.444 e. The van der Waals surface area contributed by atoms with Crippen LogP contribution in [0.2, 0.25) is 0 Å². The summed E-state index contributed by atoms with van der Waals surface area (Å²) in [6.45, 7) is 12.5. The zero-order chi connectivity index (χ0) is 16.6. The molecule has 1 aliphatic carbocycles. The van der Waals surface area contributed by atoms with Crippen LogP contribution in [-0.4, -0.2) is 31.3 Å². The van der Waals surface area contributed by atoms with Crippen LogP contribution in [0.25, 0.3) is 0 Å². The minimum absolute atomic E-state index is 0.372. The summed E-state index contributed by atoms with van der Waals surface area (Å²) >= 11 is 0. The molecule has 126 valence electrons. The van der Waals surface area contributed by atoms with E-state index < -0.39 is 5.60 Å². The highest BCUT2D eigenvalue weighted by molar-refractivity contribution is 5.67. The van der Waals surface area contributed by atoms with Crippen molar-refractivity contribution in [3.05, 3.63) is 23.8 Å². The molecule has 0 aromatic carbocycles. The minimum atomic E-state index is -0.445. The standard InChI is InChI=1S/C18H32N2O2/c1-14-10-15(2)12-16(11-14)13-19-8-6-7-9-20-17(21)22-18(3,4)5/h6-7,10,14,16,19H,8-9,11-13H2,1-5H3,(H,20,21)/b7-6+. The first-order valence-electron chi connectivity index (χ1n) is 8.26. The molecule has 0 aliphatic heterocycles. The van der Waals surface area contributed by atoms with Crippen LogP contribution in [0.15, 0.2) is 23.8 Å². The third kappa shape index (κ3) is 8.88. The molecule has 22 heavy (non-hydrogen) atoms. The monoisotopic (exact) mass is 308 g/mol. The first-order chi connectivity index (χ1) is 10.3. The molecular formula is C18H32N2O2. The zero-order valence-electron chi connectivity index (χ0n) is 14.7. The van der Waals surface area contributed by atoms with Crippen molar-refractivity contribution in [3.8, 4) is 0 Å². The molecule has 0 aromatic heterocycles. The molecule has 0 saturated carbocycles. The lowest BCUT2D eigenvalue weighted by Crippen LogP contribution is -2.32. The average Bonchev–Trinajstić information content (AvgIpc) is 2.34. The number of ether oxygens (including phenoxy) is 1. The molecule has 0 spiro atoms. The van der Waals surface area contributed by atoms with Gasteiger partial charge in [0.25, 0.3) is 0 Å². The van der Waals surface area contributed by atoms with Crippen molar-refractivity contribution >= 4 is 6.09 Å². The number of amides is 1. The van der Waals surface area contributed by atoms with Crippen LogP contribution in [0.3, 0.4) is 0 Å². The van der Waals surface area contributed by atoms with Crippen molar-refractivity contribution in [2.75, 3.05) is 19.6 Å². The highest BCUT2D eigenvalue weighted by Crippen LogP contribution is 2.27. The van der Waals surface area contributed by atoms with E-state index in [4.69, 9.17) is 4.74 Å². The number of alkyl carbamates (subject to hydrolysis) is 1. The third-order valence-electron chi connectivity index (χ3n) is 3.51. The first-order valence-corrected chi connectivity index (χ1v) is 8.26. The van der Waals surface area contributed by atoms with Gasteiger partial charge in [-0.25, -0.2) is 4.79 Å². The molecule has 0 radical (unpaired) electrons. The van der Waals surface area contributed by atoms with Gasteiger partial charge in [-0.2, -0.15) is 0 Å². The van der Waals surface area contributed by atoms with Gasteiger partial charge < -0.3 is 15.4 Å². The van der Waals surface area contributed by atoms with E-state index in [-0.39, 0.29) is 6.09 Å². The van der Waals surface area contributed by atoms with Gasteiger partial charge in [-0.3, -0.25) is 0 Å². The van der Waals surface area contributed by atoms with Crippen LogP contribution in [0.4, 0.5) is 4.79 Å². The molecule has 2 N–H and O–H groups in total. The molecule has 0 saturated heterocycles. The molecule has 1 rings (SSSR count). The van der Waals surface area contributed by atoms with Crippen molar-refractivity contribution in [1.29, 1.82) is 0 Å². The Bertz CT molecular complexity index is 408. The van der Waals surface area contributed by atoms with E-state index in [2.05, 4.69) is 30.6 Å². The molecular weight excluding hydrogens is 276 g/mol. The lowest BCUT2D eigenvalue weighted by atomic mass is 9.84. The second-order valence-corrected chi connectivity index (χ2v) is 7.31. The minimum Gasteiger partial charge on any atom is -0.444 e. The van der Waals surface area contributed by atoms with Gasteiger partial charge in [-0.15, -0.1) is 0 Å². The fourth-order valence-corrected chi connectivity index (χ4v) is 2.84. The van der Waals surface area contributed by atoms with Crippen LogP contribution < -0.4 is 10.6 Å². The van der Waals surface area contributed by atoms with Crippen LogP contribution >= 0.6 is 0 Å². The van der Waals surface area contributed by atoms with E-state index >= 15 is 0 Å². The van der Waals surface area contributed by atoms with Crippen LogP contribution in [0, 0.1) is 11.8 Å². The van der Waals surface area contributed by atoms with Gasteiger partial charge in [-0.1, -0.05) is 30.7 Å². The normalized spacial score (nSPS) is 22.5. The Morgan fingerprint density at radius 1 is 1.36 bits per heavy atom. The molecule has 0 aromatic rings. The van der Waals surface area contributed by atoms with Crippen LogP contribution in [-0.2, 0) is 4.74 Å². The molecule has 2 atom stereocenters. The summed E-state index contributed by atoms with van der Waals surface area (Å²) in [4.78, 5) is 11.4. The van der Waals surface area contributed by atoms with Gasteiger partial charge in [0.05, 0.1) is 0 Å². The highest BCUT2D eigenvalue weighted by atomic mass is 16.6. The molecule has 1 amide bonds. The second-order valence-electron chi connectivity index (χ2n) is 7.31. The second kappa shape index (κ2) is 8.99. The molecule has 2 unspecified atom stereocenters. The summed E-state index contributed by atoms with van der Waals surface area (Å²) in [5, 5.41) is 6.17. The fourth-order valence-electron chi connectivity index (χ4n) is 2.84. The Kier molecular flexibility index (Phi) is 7.66. The van der Waals surface area contributed by atoms with Gasteiger partial charge in [-0.05, 0) is 58.9 Å². The molecule has 0 fully saturated rings. The fraction of sp³-hybridized carbons (Fsp3) is 0.722. The number of hydrogen-bond acceptors (Lipinski definition) is 3. The molecule has 4 nitrogen and oxygen atoms in total. The number of carbonyl (C=O) groups excluding carboxylic acids is 1. The maximum absolute atomic E-state index is 11.4. The van der Waals surface area contributed by atoms with E-state index in [0.29, 0.717) is 12.5 Å². The smallest absolute Gasteiger partial charge is 0.407 e. The van der Waals surface area contributed by atoms with Crippen molar-refractivity contribution < 1.29 is 9.53 Å². The summed E-state index contributed by atoms with van der Waals surface area (Å²) in [6.07, 6.45) is 8.50. The SMILES string of the molecule is CC1=CC(C)CC(CNC/C=C/CNC(=O)OC(C)(C)C)C1. The lowest BCUT2D eigenvalue weighted by Gasteiger charge is -2.25. The van der Waals surface area contributed by atoms with Gasteiger partial charge in [0, 0.05) is 13.1 Å². The summed E-state index contributed by atoms with van der Waals surface area (Å²) in [5.41, 5.74) is 1.07. The summed E-state index contributed by atoms with van der Waals surface area (Å²) < 4.78 is 5.16. The highest BCUT2D eigenvalue weighted by Gasteiger charge is 2.17. The van der Waals surface area contributed by atoms with E-state index in [1.807, 2.05) is 32.9 Å². The Morgan fingerprint density at radius 3 is 2.68 bits per heavy atom. The van der Waals surface area contributed by atoms with E-state index in [9.17, 15) is 4.79 Å². The molecule has 1 aliphatic rings. The molecule has 0 bridgehead atoms. The Balaban J connectivity index is 2.07. The Hall–Kier alpha value is -1.29. The summed E-state index contributed by atoms with van der Waals surface area (Å²) in [6, 6.07) is 0. The van der Waals surface area contributed by atoms with E-state index in [0.717, 1.165) is 19.0 Å². The van der Waals surface area contributed by atoms with E-state index in [1.165, 1.54) is 18.4 Å². The van der Waals surface area contributed by atoms with E-state index in [1.54, 1.807) is 0 Å². The first kappa shape index (κ1) is 18.8. The van der Waals surface area contributed by atoms with Gasteiger partial charge in [0.2, 0.25) is 0 Å². The topological polar surface area (TPSA) is 50.4 Å². The summed E-state index contributed by atoms with van der Waals surface area (Å²) in [5.74, 6) is 1.45. The van der Waals surface area contributed by atoms with Crippen molar-refractivity contribution in [1.82, 2.24) is 10.6 Å². The Labute approximate surface area is 135 Å². The van der Waals surface area contributed by atoms with Crippen LogP contribution in [0.1, 0.15) is 47.5 Å². The maximum Gasteiger partial charge on any atom is 0.407 e. The van der Waals surface area contributed by atoms with Crippen molar-refractivity contribution in [2.45, 2.75) is 53.1 Å².